The Morgan fingerprint density at radius 1 is 1.12 bits per heavy atom. The van der Waals surface area contributed by atoms with Gasteiger partial charge in [-0.25, -0.2) is 9.78 Å². The molecule has 0 saturated carbocycles. The predicted molar refractivity (Wildman–Crippen MR) is 99.7 cm³/mol. The number of benzene rings is 2. The van der Waals surface area contributed by atoms with Crippen molar-refractivity contribution in [3.05, 3.63) is 70.7 Å². The van der Waals surface area contributed by atoms with Gasteiger partial charge in [0.15, 0.2) is 6.10 Å². The van der Waals surface area contributed by atoms with Gasteiger partial charge in [0.25, 0.3) is 0 Å². The molecule has 0 radical (unpaired) electrons. The number of Topliss-reactive ketones (excluding diaryl/α,β-unsaturated/α-hetero) is 1. The van der Waals surface area contributed by atoms with Crippen molar-refractivity contribution in [3.63, 3.8) is 0 Å². The molecule has 1 unspecified atom stereocenters. The molecule has 0 amide bonds. The normalized spacial score (nSPS) is 12.4. The molecule has 0 bridgehead atoms. The maximum Gasteiger partial charge on any atom is 0.331 e. The average Bonchev–Trinajstić information content (AvgIpc) is 3.03. The van der Waals surface area contributed by atoms with Gasteiger partial charge in [-0.05, 0) is 32.1 Å². The predicted octanol–water partition coefficient (Wildman–Crippen LogP) is 4.43. The molecule has 0 aliphatic carbocycles. The number of ketones is 1. The van der Waals surface area contributed by atoms with Gasteiger partial charge in [0.2, 0.25) is 5.78 Å². The number of carbonyl (C=O) groups excluding carboxylic acids is 2. The summed E-state index contributed by atoms with van der Waals surface area (Å²) in [7, 11) is 0. The smallest absolute Gasteiger partial charge is 0.331 e. The van der Waals surface area contributed by atoms with E-state index in [1.165, 1.54) is 17.4 Å². The maximum atomic E-state index is 12.3. The number of ether oxygens (including phenoxy) is 1. The van der Waals surface area contributed by atoms with Crippen LogP contribution in [0.3, 0.4) is 0 Å². The second kappa shape index (κ2) is 7.40. The molecule has 25 heavy (non-hydrogen) atoms. The number of nitrogens with zero attached hydrogens (tertiary/aromatic N) is 1. The van der Waals surface area contributed by atoms with E-state index >= 15 is 0 Å². The Kier molecular flexibility index (Phi) is 5.05. The van der Waals surface area contributed by atoms with Crippen molar-refractivity contribution in [2.45, 2.75) is 20.0 Å². The first kappa shape index (κ1) is 17.0. The quantitative estimate of drug-likeness (QED) is 0.387. The van der Waals surface area contributed by atoms with Crippen molar-refractivity contribution in [2.24, 2.45) is 0 Å². The number of para-hydroxylation sites is 1. The summed E-state index contributed by atoms with van der Waals surface area (Å²) >= 11 is 1.49. The van der Waals surface area contributed by atoms with Gasteiger partial charge in [0.1, 0.15) is 5.01 Å². The molecule has 3 aromatic rings. The van der Waals surface area contributed by atoms with Gasteiger partial charge in [-0.3, -0.25) is 4.79 Å². The van der Waals surface area contributed by atoms with Crippen molar-refractivity contribution in [1.29, 1.82) is 0 Å². The van der Waals surface area contributed by atoms with Crippen LogP contribution < -0.4 is 0 Å². The number of fused-ring (bicyclic) bond motifs is 1. The standard InChI is InChI=1S/C20H17NO3S/c1-13-7-9-15(10-8-13)20(23)14(2)24-19(22)12-11-18-21-16-5-3-4-6-17(16)25-18/h3-12,14H,1-2H3/b12-11+. The minimum absolute atomic E-state index is 0.221. The van der Waals surface area contributed by atoms with Gasteiger partial charge in [-0.1, -0.05) is 42.0 Å². The van der Waals surface area contributed by atoms with Crippen LogP contribution in [-0.2, 0) is 9.53 Å². The Hall–Kier alpha value is -2.79. The average molecular weight is 351 g/mol. The summed E-state index contributed by atoms with van der Waals surface area (Å²) in [5.41, 5.74) is 2.49. The zero-order chi connectivity index (χ0) is 17.8. The Balaban J connectivity index is 1.63. The highest BCUT2D eigenvalue weighted by Gasteiger charge is 2.18. The third kappa shape index (κ3) is 4.19. The van der Waals surface area contributed by atoms with E-state index in [2.05, 4.69) is 4.98 Å². The third-order valence-corrected chi connectivity index (χ3v) is 4.67. The summed E-state index contributed by atoms with van der Waals surface area (Å²) in [6, 6.07) is 14.9. The minimum atomic E-state index is -0.838. The highest BCUT2D eigenvalue weighted by Crippen LogP contribution is 2.22. The molecule has 0 aliphatic rings. The summed E-state index contributed by atoms with van der Waals surface area (Å²) in [6.07, 6.45) is 2.07. The lowest BCUT2D eigenvalue weighted by Gasteiger charge is -2.10. The van der Waals surface area contributed by atoms with E-state index in [1.807, 2.05) is 43.3 Å². The maximum absolute atomic E-state index is 12.3. The largest absolute Gasteiger partial charge is 0.451 e. The van der Waals surface area contributed by atoms with Crippen molar-refractivity contribution in [1.82, 2.24) is 4.98 Å². The number of thiazole rings is 1. The van der Waals surface area contributed by atoms with Gasteiger partial charge in [-0.2, -0.15) is 0 Å². The number of aromatic nitrogens is 1. The van der Waals surface area contributed by atoms with Crippen LogP contribution in [-0.4, -0.2) is 22.8 Å². The molecule has 0 spiro atoms. The van der Waals surface area contributed by atoms with Crippen LogP contribution in [0.1, 0.15) is 27.9 Å². The van der Waals surface area contributed by atoms with E-state index in [4.69, 9.17) is 4.74 Å². The van der Waals surface area contributed by atoms with Crippen LogP contribution in [0.2, 0.25) is 0 Å². The first-order valence-electron chi connectivity index (χ1n) is 7.88. The molecular weight excluding hydrogens is 334 g/mol. The number of hydrogen-bond donors (Lipinski definition) is 0. The first-order chi connectivity index (χ1) is 12.0. The van der Waals surface area contributed by atoms with E-state index in [0.717, 1.165) is 20.8 Å². The Morgan fingerprint density at radius 2 is 1.84 bits per heavy atom. The molecular formula is C20H17NO3S. The highest BCUT2D eigenvalue weighted by molar-refractivity contribution is 7.19. The molecule has 0 N–H and O–H groups in total. The Morgan fingerprint density at radius 3 is 2.56 bits per heavy atom. The van der Waals surface area contributed by atoms with Crippen LogP contribution in [0.5, 0.6) is 0 Å². The topological polar surface area (TPSA) is 56.3 Å². The summed E-state index contributed by atoms with van der Waals surface area (Å²) in [5, 5.41) is 0.718. The molecule has 1 aromatic heterocycles. The summed E-state index contributed by atoms with van der Waals surface area (Å²) in [5.74, 6) is -0.783. The Bertz CT molecular complexity index is 908. The molecule has 4 nitrogen and oxygen atoms in total. The fourth-order valence-electron chi connectivity index (χ4n) is 2.32. The molecule has 5 heteroatoms. The zero-order valence-electron chi connectivity index (χ0n) is 13.9. The molecule has 0 fully saturated rings. The number of rotatable bonds is 5. The van der Waals surface area contributed by atoms with Crippen molar-refractivity contribution < 1.29 is 14.3 Å². The SMILES string of the molecule is Cc1ccc(C(=O)C(C)OC(=O)/C=C/c2nc3ccccc3s2)cc1. The lowest BCUT2D eigenvalue weighted by Crippen LogP contribution is -2.23. The van der Waals surface area contributed by atoms with Crippen LogP contribution in [0.25, 0.3) is 16.3 Å². The van der Waals surface area contributed by atoms with Crippen molar-refractivity contribution in [3.8, 4) is 0 Å². The van der Waals surface area contributed by atoms with Crippen molar-refractivity contribution >= 4 is 39.4 Å². The number of aryl methyl sites for hydroxylation is 1. The monoisotopic (exact) mass is 351 g/mol. The van der Waals surface area contributed by atoms with Crippen LogP contribution in [0, 0.1) is 6.92 Å². The molecule has 3 rings (SSSR count). The fourth-order valence-corrected chi connectivity index (χ4v) is 3.19. The zero-order valence-corrected chi connectivity index (χ0v) is 14.7. The third-order valence-electron chi connectivity index (χ3n) is 3.67. The first-order valence-corrected chi connectivity index (χ1v) is 8.70. The van der Waals surface area contributed by atoms with Gasteiger partial charge in [-0.15, -0.1) is 11.3 Å². The molecule has 0 saturated heterocycles. The highest BCUT2D eigenvalue weighted by atomic mass is 32.1. The number of hydrogen-bond acceptors (Lipinski definition) is 5. The minimum Gasteiger partial charge on any atom is -0.451 e. The molecule has 2 aromatic carbocycles. The van der Waals surface area contributed by atoms with Gasteiger partial charge >= 0.3 is 5.97 Å². The molecule has 1 heterocycles. The van der Waals surface area contributed by atoms with Crippen LogP contribution in [0.15, 0.2) is 54.6 Å². The van der Waals surface area contributed by atoms with E-state index in [9.17, 15) is 9.59 Å². The Labute approximate surface area is 149 Å². The lowest BCUT2D eigenvalue weighted by atomic mass is 10.1. The molecule has 126 valence electrons. The molecule has 0 aliphatic heterocycles. The van der Waals surface area contributed by atoms with Crippen LogP contribution in [0.4, 0.5) is 0 Å². The van der Waals surface area contributed by atoms with E-state index in [-0.39, 0.29) is 5.78 Å². The van der Waals surface area contributed by atoms with E-state index in [0.29, 0.717) is 5.56 Å². The summed E-state index contributed by atoms with van der Waals surface area (Å²) < 4.78 is 6.25. The number of esters is 1. The summed E-state index contributed by atoms with van der Waals surface area (Å²) in [4.78, 5) is 28.6. The van der Waals surface area contributed by atoms with E-state index in [1.54, 1.807) is 25.1 Å². The van der Waals surface area contributed by atoms with Gasteiger partial charge in [0.05, 0.1) is 10.2 Å². The van der Waals surface area contributed by atoms with Crippen molar-refractivity contribution in [2.75, 3.05) is 0 Å². The second-order valence-corrected chi connectivity index (χ2v) is 6.72. The molecule has 1 atom stereocenters. The number of carbonyl (C=O) groups is 2. The lowest BCUT2D eigenvalue weighted by molar-refractivity contribution is -0.140. The van der Waals surface area contributed by atoms with E-state index < -0.39 is 12.1 Å². The van der Waals surface area contributed by atoms with Gasteiger partial charge < -0.3 is 4.74 Å². The van der Waals surface area contributed by atoms with Gasteiger partial charge in [0, 0.05) is 11.6 Å². The summed E-state index contributed by atoms with van der Waals surface area (Å²) in [6.45, 7) is 3.52. The second-order valence-electron chi connectivity index (χ2n) is 5.66. The van der Waals surface area contributed by atoms with Crippen LogP contribution >= 0.6 is 11.3 Å². The fraction of sp³-hybridized carbons (Fsp3) is 0.150.